The highest BCUT2D eigenvalue weighted by atomic mass is 35.5. The molecule has 2 N–H and O–H groups in total. The molecule has 1 saturated carbocycles. The third-order valence-corrected chi connectivity index (χ3v) is 6.72. The molecule has 1 aromatic carbocycles. The molecule has 106 valence electrons. The molecular formula is C14H20ClNO2S. The summed E-state index contributed by atoms with van der Waals surface area (Å²) >= 11 is 5.94. The number of nitrogens with two attached hydrogens (primary N) is 1. The van der Waals surface area contributed by atoms with E-state index in [0.29, 0.717) is 15.6 Å². The largest absolute Gasteiger partial charge is 0.398 e. The summed E-state index contributed by atoms with van der Waals surface area (Å²) < 4.78 is 25.4. The maximum absolute atomic E-state index is 12.7. The average Bonchev–Trinajstić information content (AvgIpc) is 2.41. The van der Waals surface area contributed by atoms with Gasteiger partial charge in [-0.05, 0) is 37.0 Å². The third-order valence-electron chi connectivity index (χ3n) is 4.06. The van der Waals surface area contributed by atoms with Gasteiger partial charge in [-0.3, -0.25) is 0 Å². The van der Waals surface area contributed by atoms with Crippen LogP contribution in [0, 0.1) is 5.92 Å². The predicted octanol–water partition coefficient (Wildman–Crippen LogP) is 3.66. The molecular weight excluding hydrogens is 282 g/mol. The number of hydrogen-bond donors (Lipinski definition) is 1. The zero-order valence-electron chi connectivity index (χ0n) is 11.1. The highest BCUT2D eigenvalue weighted by molar-refractivity contribution is 7.92. The maximum Gasteiger partial charge on any atom is 0.181 e. The summed E-state index contributed by atoms with van der Waals surface area (Å²) in [5.41, 5.74) is 6.05. The fourth-order valence-corrected chi connectivity index (χ4v) is 5.36. The normalized spacial score (nSPS) is 24.3. The summed E-state index contributed by atoms with van der Waals surface area (Å²) in [6, 6.07) is 4.62. The van der Waals surface area contributed by atoms with E-state index in [4.69, 9.17) is 17.3 Å². The number of sulfone groups is 1. The summed E-state index contributed by atoms with van der Waals surface area (Å²) in [6.45, 7) is 2.06. The second-order valence-corrected chi connectivity index (χ2v) is 7.79. The molecule has 0 heterocycles. The molecule has 3 nitrogen and oxygen atoms in total. The van der Waals surface area contributed by atoms with Crippen LogP contribution >= 0.6 is 11.6 Å². The number of benzene rings is 1. The Hall–Kier alpha value is -0.740. The van der Waals surface area contributed by atoms with Crippen LogP contribution in [0.2, 0.25) is 5.02 Å². The first-order chi connectivity index (χ1) is 8.96. The van der Waals surface area contributed by atoms with E-state index in [9.17, 15) is 8.42 Å². The van der Waals surface area contributed by atoms with E-state index in [1.807, 2.05) is 0 Å². The van der Waals surface area contributed by atoms with Crippen LogP contribution < -0.4 is 5.73 Å². The lowest BCUT2D eigenvalue weighted by molar-refractivity contribution is 0.348. The topological polar surface area (TPSA) is 60.2 Å². The second kappa shape index (κ2) is 5.71. The summed E-state index contributed by atoms with van der Waals surface area (Å²) in [7, 11) is -3.30. The first-order valence-corrected chi connectivity index (χ1v) is 8.68. The smallest absolute Gasteiger partial charge is 0.181 e. The Balaban J connectivity index is 2.37. The van der Waals surface area contributed by atoms with Gasteiger partial charge in [0.25, 0.3) is 0 Å². The Morgan fingerprint density at radius 1 is 1.32 bits per heavy atom. The molecule has 1 aliphatic carbocycles. The molecule has 1 aliphatic rings. The molecule has 0 radical (unpaired) electrons. The molecule has 0 spiro atoms. The Kier molecular flexibility index (Phi) is 4.41. The van der Waals surface area contributed by atoms with Crippen molar-refractivity contribution in [2.45, 2.75) is 49.2 Å². The van der Waals surface area contributed by atoms with E-state index in [1.165, 1.54) is 6.07 Å². The molecule has 0 amide bonds. The first-order valence-electron chi connectivity index (χ1n) is 6.75. The third kappa shape index (κ3) is 2.90. The molecule has 19 heavy (non-hydrogen) atoms. The zero-order chi connectivity index (χ0) is 14.0. The first kappa shape index (κ1) is 14.7. The van der Waals surface area contributed by atoms with Crippen LogP contribution in [0.5, 0.6) is 0 Å². The summed E-state index contributed by atoms with van der Waals surface area (Å²) in [4.78, 5) is 0.303. The van der Waals surface area contributed by atoms with Crippen molar-refractivity contribution >= 4 is 27.1 Å². The summed E-state index contributed by atoms with van der Waals surface area (Å²) in [5.74, 6) is 0.259. The molecule has 0 aliphatic heterocycles. The van der Waals surface area contributed by atoms with Gasteiger partial charge in [-0.2, -0.15) is 0 Å². The van der Waals surface area contributed by atoms with Crippen LogP contribution in [0.25, 0.3) is 0 Å². The van der Waals surface area contributed by atoms with E-state index < -0.39 is 9.84 Å². The molecule has 2 rings (SSSR count). The molecule has 1 fully saturated rings. The van der Waals surface area contributed by atoms with E-state index in [0.717, 1.165) is 32.1 Å². The minimum Gasteiger partial charge on any atom is -0.398 e. The standard InChI is InChI=1S/C14H20ClNO2S/c1-2-10-5-3-4-6-14(10)19(17,18)11-7-8-13(16)12(15)9-11/h7-10,14H,2-6,16H2,1H3. The van der Waals surface area contributed by atoms with Crippen molar-refractivity contribution in [3.05, 3.63) is 23.2 Å². The van der Waals surface area contributed by atoms with E-state index in [-0.39, 0.29) is 11.2 Å². The predicted molar refractivity (Wildman–Crippen MR) is 79.1 cm³/mol. The Morgan fingerprint density at radius 2 is 2.00 bits per heavy atom. The quantitative estimate of drug-likeness (QED) is 0.867. The maximum atomic E-state index is 12.7. The van der Waals surface area contributed by atoms with Gasteiger partial charge < -0.3 is 5.73 Å². The lowest BCUT2D eigenvalue weighted by atomic mass is 9.87. The van der Waals surface area contributed by atoms with Crippen LogP contribution in [0.3, 0.4) is 0 Å². The van der Waals surface area contributed by atoms with Crippen LogP contribution in [-0.2, 0) is 9.84 Å². The van der Waals surface area contributed by atoms with Gasteiger partial charge in [0.1, 0.15) is 0 Å². The average molecular weight is 302 g/mol. The fourth-order valence-electron chi connectivity index (χ4n) is 2.91. The number of hydrogen-bond acceptors (Lipinski definition) is 3. The van der Waals surface area contributed by atoms with Gasteiger partial charge in [0.15, 0.2) is 9.84 Å². The molecule has 1 aromatic rings. The van der Waals surface area contributed by atoms with Crippen LogP contribution in [0.1, 0.15) is 39.0 Å². The van der Waals surface area contributed by atoms with Gasteiger partial charge in [0.05, 0.1) is 20.9 Å². The SMILES string of the molecule is CCC1CCCCC1S(=O)(=O)c1ccc(N)c(Cl)c1. The zero-order valence-corrected chi connectivity index (χ0v) is 12.7. The van der Waals surface area contributed by atoms with Gasteiger partial charge in [0.2, 0.25) is 0 Å². The number of rotatable bonds is 3. The van der Waals surface area contributed by atoms with Crippen molar-refractivity contribution in [1.29, 1.82) is 0 Å². The number of halogens is 1. The lowest BCUT2D eigenvalue weighted by Crippen LogP contribution is -2.32. The fraction of sp³-hybridized carbons (Fsp3) is 0.571. The highest BCUT2D eigenvalue weighted by Gasteiger charge is 2.35. The van der Waals surface area contributed by atoms with Crippen molar-refractivity contribution in [3.63, 3.8) is 0 Å². The number of anilines is 1. The van der Waals surface area contributed by atoms with Gasteiger partial charge >= 0.3 is 0 Å². The molecule has 2 unspecified atom stereocenters. The van der Waals surface area contributed by atoms with E-state index in [2.05, 4.69) is 6.92 Å². The summed E-state index contributed by atoms with van der Waals surface area (Å²) in [6.07, 6.45) is 4.79. The highest BCUT2D eigenvalue weighted by Crippen LogP contribution is 2.36. The Labute approximate surface area is 120 Å². The van der Waals surface area contributed by atoms with Crippen molar-refractivity contribution in [2.75, 3.05) is 5.73 Å². The Bertz CT molecular complexity index is 557. The second-order valence-electron chi connectivity index (χ2n) is 5.22. The monoisotopic (exact) mass is 301 g/mol. The molecule has 2 atom stereocenters. The molecule has 0 saturated heterocycles. The van der Waals surface area contributed by atoms with Crippen LogP contribution in [0.15, 0.2) is 23.1 Å². The Morgan fingerprint density at radius 3 is 2.63 bits per heavy atom. The minimum atomic E-state index is -3.30. The molecule has 5 heteroatoms. The lowest BCUT2D eigenvalue weighted by Gasteiger charge is -2.30. The van der Waals surface area contributed by atoms with Crippen molar-refractivity contribution in [2.24, 2.45) is 5.92 Å². The van der Waals surface area contributed by atoms with Crippen molar-refractivity contribution in [3.8, 4) is 0 Å². The van der Waals surface area contributed by atoms with Crippen LogP contribution in [0.4, 0.5) is 5.69 Å². The van der Waals surface area contributed by atoms with Gasteiger partial charge in [0, 0.05) is 0 Å². The van der Waals surface area contributed by atoms with Gasteiger partial charge in [-0.15, -0.1) is 0 Å². The van der Waals surface area contributed by atoms with Gasteiger partial charge in [-0.25, -0.2) is 8.42 Å². The molecule has 0 aromatic heterocycles. The minimum absolute atomic E-state index is 0.259. The molecule has 0 bridgehead atoms. The summed E-state index contributed by atoms with van der Waals surface area (Å²) in [5, 5.41) is 0.0378. The van der Waals surface area contributed by atoms with Crippen molar-refractivity contribution < 1.29 is 8.42 Å². The van der Waals surface area contributed by atoms with Crippen molar-refractivity contribution in [1.82, 2.24) is 0 Å². The van der Waals surface area contributed by atoms with Crippen LogP contribution in [-0.4, -0.2) is 13.7 Å². The number of nitrogen functional groups attached to an aromatic ring is 1. The van der Waals surface area contributed by atoms with E-state index >= 15 is 0 Å². The van der Waals surface area contributed by atoms with Gasteiger partial charge in [-0.1, -0.05) is 37.8 Å². The van der Waals surface area contributed by atoms with E-state index in [1.54, 1.807) is 12.1 Å².